The Morgan fingerprint density at radius 3 is 2.70 bits per heavy atom. The number of anilines is 3. The Kier molecular flexibility index (Phi) is 4.46. The number of nitrogen functional groups attached to an aromatic ring is 1. The molecule has 2 aromatic rings. The fraction of sp³-hybridized carbons (Fsp3) is 0.167. The first-order chi connectivity index (χ1) is 9.49. The van der Waals surface area contributed by atoms with E-state index in [4.69, 9.17) is 10.5 Å². The van der Waals surface area contributed by atoms with Crippen molar-refractivity contribution in [1.29, 1.82) is 0 Å². The molecule has 8 heteroatoms. The Morgan fingerprint density at radius 1 is 1.25 bits per heavy atom. The number of nitrogens with two attached hydrogens (primary N) is 1. The first kappa shape index (κ1) is 14.6. The van der Waals surface area contributed by atoms with E-state index >= 15 is 0 Å². The molecule has 0 amide bonds. The van der Waals surface area contributed by atoms with Gasteiger partial charge in [-0.3, -0.25) is 0 Å². The summed E-state index contributed by atoms with van der Waals surface area (Å²) in [5, 5.41) is 2.72. The van der Waals surface area contributed by atoms with Crippen LogP contribution in [0.3, 0.4) is 0 Å². The second-order valence-corrected chi connectivity index (χ2v) is 4.75. The van der Waals surface area contributed by atoms with Gasteiger partial charge in [-0.25, -0.2) is 18.7 Å². The fourth-order valence-corrected chi connectivity index (χ4v) is 1.88. The number of nitrogens with one attached hydrogen (secondary N) is 1. The van der Waals surface area contributed by atoms with Gasteiger partial charge < -0.3 is 15.8 Å². The third-order valence-electron chi connectivity index (χ3n) is 2.34. The van der Waals surface area contributed by atoms with E-state index in [1.165, 1.54) is 19.2 Å². The van der Waals surface area contributed by atoms with Crippen LogP contribution in [0.5, 0.6) is 0 Å². The summed E-state index contributed by atoms with van der Waals surface area (Å²) in [7, 11) is 1.50. The van der Waals surface area contributed by atoms with Crippen LogP contribution in [0.2, 0.25) is 0 Å². The van der Waals surface area contributed by atoms with Crippen LogP contribution in [0.1, 0.15) is 5.82 Å². The molecule has 20 heavy (non-hydrogen) atoms. The molecular weight excluding hydrogens is 334 g/mol. The molecule has 5 nitrogen and oxygen atoms in total. The Hall–Kier alpha value is -1.80. The predicted octanol–water partition coefficient (Wildman–Crippen LogP) is 2.99. The summed E-state index contributed by atoms with van der Waals surface area (Å²) in [4.78, 5) is 8.07. The molecule has 0 aliphatic carbocycles. The molecule has 2 rings (SSSR count). The van der Waals surface area contributed by atoms with Crippen molar-refractivity contribution in [1.82, 2.24) is 9.97 Å². The Morgan fingerprint density at radius 2 is 2.00 bits per heavy atom. The lowest BCUT2D eigenvalue weighted by Crippen LogP contribution is -2.05. The number of hydrogen-bond acceptors (Lipinski definition) is 5. The standard InChI is InChI=1S/C12H11BrF2N4O/c1-20-5-12-18-10(16)4-11(19-12)17-9-2-6(13)7(14)3-8(9)15/h2-4H,5H2,1H3,(H3,16,17,18,19). The number of benzene rings is 1. The molecule has 0 saturated heterocycles. The van der Waals surface area contributed by atoms with Gasteiger partial charge in [0.1, 0.15) is 29.9 Å². The minimum absolute atomic E-state index is 0.0692. The highest BCUT2D eigenvalue weighted by atomic mass is 79.9. The van der Waals surface area contributed by atoms with Crippen molar-refractivity contribution >= 4 is 33.3 Å². The maximum atomic E-state index is 13.6. The van der Waals surface area contributed by atoms with E-state index in [1.54, 1.807) is 0 Å². The van der Waals surface area contributed by atoms with Crippen molar-refractivity contribution in [3.05, 3.63) is 40.1 Å². The van der Waals surface area contributed by atoms with E-state index in [1.807, 2.05) is 0 Å². The van der Waals surface area contributed by atoms with Crippen LogP contribution in [0.15, 0.2) is 22.7 Å². The van der Waals surface area contributed by atoms with Crippen LogP contribution < -0.4 is 11.1 Å². The van der Waals surface area contributed by atoms with Gasteiger partial charge in [-0.1, -0.05) is 0 Å². The molecule has 0 aliphatic heterocycles. The lowest BCUT2D eigenvalue weighted by molar-refractivity contribution is 0.178. The minimum atomic E-state index is -0.740. The van der Waals surface area contributed by atoms with Crippen LogP contribution >= 0.6 is 15.9 Å². The summed E-state index contributed by atoms with van der Waals surface area (Å²) in [5.74, 6) is -0.554. The second-order valence-electron chi connectivity index (χ2n) is 3.90. The van der Waals surface area contributed by atoms with E-state index in [2.05, 4.69) is 31.2 Å². The van der Waals surface area contributed by atoms with Gasteiger partial charge in [0.2, 0.25) is 0 Å². The molecule has 0 unspecified atom stereocenters. The SMILES string of the molecule is COCc1nc(N)cc(Nc2cc(Br)c(F)cc2F)n1. The lowest BCUT2D eigenvalue weighted by Gasteiger charge is -2.09. The van der Waals surface area contributed by atoms with Crippen LogP contribution in [0.4, 0.5) is 26.1 Å². The van der Waals surface area contributed by atoms with E-state index in [9.17, 15) is 8.78 Å². The number of halogens is 3. The van der Waals surface area contributed by atoms with Gasteiger partial charge >= 0.3 is 0 Å². The number of hydrogen-bond donors (Lipinski definition) is 2. The number of aromatic nitrogens is 2. The summed E-state index contributed by atoms with van der Waals surface area (Å²) in [6.45, 7) is 0.176. The quantitative estimate of drug-likeness (QED) is 0.834. The number of nitrogens with zero attached hydrogens (tertiary/aromatic N) is 2. The zero-order chi connectivity index (χ0) is 14.7. The molecule has 1 aromatic heterocycles. The average Bonchev–Trinajstić information content (AvgIpc) is 2.35. The maximum absolute atomic E-state index is 13.6. The summed E-state index contributed by atoms with van der Waals surface area (Å²) in [5.41, 5.74) is 5.69. The van der Waals surface area contributed by atoms with Gasteiger partial charge in [0, 0.05) is 19.2 Å². The second kappa shape index (κ2) is 6.10. The molecule has 3 N–H and O–H groups in total. The fourth-order valence-electron chi connectivity index (χ4n) is 1.53. The molecule has 0 radical (unpaired) electrons. The van der Waals surface area contributed by atoms with Gasteiger partial charge in [0.15, 0.2) is 5.82 Å². The Balaban J connectivity index is 2.32. The minimum Gasteiger partial charge on any atom is -0.384 e. The number of methoxy groups -OCH3 is 1. The molecule has 0 atom stereocenters. The van der Waals surface area contributed by atoms with Crippen molar-refractivity contribution in [2.45, 2.75) is 6.61 Å². The number of ether oxygens (including phenoxy) is 1. The first-order valence-electron chi connectivity index (χ1n) is 5.53. The lowest BCUT2D eigenvalue weighted by atomic mass is 10.3. The van der Waals surface area contributed by atoms with Crippen LogP contribution in [0, 0.1) is 11.6 Å². The summed E-state index contributed by atoms with van der Waals surface area (Å²) < 4.78 is 31.8. The third-order valence-corrected chi connectivity index (χ3v) is 2.95. The van der Waals surface area contributed by atoms with Gasteiger partial charge in [-0.15, -0.1) is 0 Å². The maximum Gasteiger partial charge on any atom is 0.158 e. The number of rotatable bonds is 4. The summed E-state index contributed by atoms with van der Waals surface area (Å²) >= 11 is 2.99. The van der Waals surface area contributed by atoms with E-state index < -0.39 is 11.6 Å². The van der Waals surface area contributed by atoms with Gasteiger partial charge in [0.25, 0.3) is 0 Å². The van der Waals surface area contributed by atoms with E-state index in [0.717, 1.165) is 6.07 Å². The topological polar surface area (TPSA) is 73.1 Å². The largest absolute Gasteiger partial charge is 0.384 e. The predicted molar refractivity (Wildman–Crippen MR) is 74.5 cm³/mol. The third kappa shape index (κ3) is 3.40. The van der Waals surface area contributed by atoms with Crippen molar-refractivity contribution in [2.24, 2.45) is 0 Å². The van der Waals surface area contributed by atoms with Crippen LogP contribution in [-0.2, 0) is 11.3 Å². The molecule has 0 spiro atoms. The highest BCUT2D eigenvalue weighted by Crippen LogP contribution is 2.26. The molecule has 1 heterocycles. The molecule has 106 valence electrons. The Bertz CT molecular complexity index is 639. The van der Waals surface area contributed by atoms with Crippen LogP contribution in [0.25, 0.3) is 0 Å². The zero-order valence-corrected chi connectivity index (χ0v) is 12.0. The van der Waals surface area contributed by atoms with Crippen molar-refractivity contribution in [2.75, 3.05) is 18.2 Å². The summed E-state index contributed by atoms with van der Waals surface area (Å²) in [6, 6.07) is 3.49. The van der Waals surface area contributed by atoms with Crippen molar-refractivity contribution < 1.29 is 13.5 Å². The highest BCUT2D eigenvalue weighted by molar-refractivity contribution is 9.10. The molecule has 1 aromatic carbocycles. The molecule has 0 bridgehead atoms. The smallest absolute Gasteiger partial charge is 0.158 e. The normalized spacial score (nSPS) is 10.6. The Labute approximate surface area is 122 Å². The van der Waals surface area contributed by atoms with E-state index in [0.29, 0.717) is 11.6 Å². The van der Waals surface area contributed by atoms with E-state index in [-0.39, 0.29) is 22.6 Å². The van der Waals surface area contributed by atoms with Gasteiger partial charge in [-0.2, -0.15) is 0 Å². The van der Waals surface area contributed by atoms with Crippen molar-refractivity contribution in [3.63, 3.8) is 0 Å². The first-order valence-corrected chi connectivity index (χ1v) is 6.33. The molecule has 0 aliphatic rings. The van der Waals surface area contributed by atoms with Crippen LogP contribution in [-0.4, -0.2) is 17.1 Å². The summed E-state index contributed by atoms with van der Waals surface area (Å²) in [6.07, 6.45) is 0. The molecule has 0 saturated carbocycles. The average molecular weight is 345 g/mol. The monoisotopic (exact) mass is 344 g/mol. The van der Waals surface area contributed by atoms with Gasteiger partial charge in [-0.05, 0) is 22.0 Å². The van der Waals surface area contributed by atoms with Crippen molar-refractivity contribution in [3.8, 4) is 0 Å². The van der Waals surface area contributed by atoms with Gasteiger partial charge in [0.05, 0.1) is 10.2 Å². The zero-order valence-electron chi connectivity index (χ0n) is 10.5. The molecular formula is C12H11BrF2N4O. The molecule has 0 fully saturated rings. The highest BCUT2D eigenvalue weighted by Gasteiger charge is 2.10.